The van der Waals surface area contributed by atoms with Crippen LogP contribution in [0, 0.1) is 0 Å². The highest BCUT2D eigenvalue weighted by molar-refractivity contribution is 6.35. The number of aryl methyl sites for hydroxylation is 1. The summed E-state index contributed by atoms with van der Waals surface area (Å²) in [7, 11) is 0. The standard InChI is InChI=1S/C30H45ClN2O2.HI/c1-3-5-6-7-8-9-10-11-12-13-14-17-24-35-28-21-18-20-27(29(28)31)30(34)32-25-26-19-15-16-23-33(26)22-4-2;/h15-16,18-21,23H,3-14,17,22,24-25H2,1-2H3;1H. The van der Waals surface area contributed by atoms with E-state index in [9.17, 15) is 4.79 Å². The SMILES string of the molecule is CCCCCCCCCCCCCCOc1cccc(C(=O)NCc2cccc[n+]2CCC)c1Cl.[I-]. The average Bonchev–Trinajstić information content (AvgIpc) is 2.87. The first-order valence-electron chi connectivity index (χ1n) is 13.8. The highest BCUT2D eigenvalue weighted by Crippen LogP contribution is 2.28. The van der Waals surface area contributed by atoms with Gasteiger partial charge in [0.25, 0.3) is 5.91 Å². The number of ether oxygens (including phenoxy) is 1. The lowest BCUT2D eigenvalue weighted by Crippen LogP contribution is -3.00. The molecule has 0 fully saturated rings. The zero-order valence-corrected chi connectivity index (χ0v) is 25.3. The van der Waals surface area contributed by atoms with E-state index in [4.69, 9.17) is 16.3 Å². The number of pyridine rings is 1. The third-order valence-electron chi connectivity index (χ3n) is 6.39. The molecular formula is C30H46ClIN2O2. The zero-order chi connectivity index (χ0) is 25.1. The normalized spacial score (nSPS) is 10.6. The van der Waals surface area contributed by atoms with Crippen molar-refractivity contribution in [1.82, 2.24) is 5.32 Å². The van der Waals surface area contributed by atoms with Crippen LogP contribution in [0.15, 0.2) is 42.6 Å². The lowest BCUT2D eigenvalue weighted by molar-refractivity contribution is -0.704. The van der Waals surface area contributed by atoms with Crippen molar-refractivity contribution in [3.8, 4) is 5.75 Å². The number of unbranched alkanes of at least 4 members (excludes halogenated alkanes) is 11. The Balaban J connectivity index is 0.00000648. The molecule has 0 unspecified atom stereocenters. The number of benzene rings is 1. The fourth-order valence-electron chi connectivity index (χ4n) is 4.32. The van der Waals surface area contributed by atoms with E-state index in [0.29, 0.717) is 29.5 Å². The fourth-order valence-corrected chi connectivity index (χ4v) is 4.59. The number of hydrogen-bond acceptors (Lipinski definition) is 2. The van der Waals surface area contributed by atoms with Crippen LogP contribution in [0.5, 0.6) is 5.75 Å². The number of nitrogens with zero attached hydrogens (tertiary/aromatic N) is 1. The smallest absolute Gasteiger partial charge is 0.253 e. The van der Waals surface area contributed by atoms with Crippen LogP contribution in [0.4, 0.5) is 0 Å². The van der Waals surface area contributed by atoms with Gasteiger partial charge >= 0.3 is 0 Å². The minimum Gasteiger partial charge on any atom is -1.00 e. The van der Waals surface area contributed by atoms with Gasteiger partial charge in [0.2, 0.25) is 5.69 Å². The third kappa shape index (κ3) is 12.8. The van der Waals surface area contributed by atoms with E-state index in [2.05, 4.69) is 23.7 Å². The number of halogens is 2. The highest BCUT2D eigenvalue weighted by Gasteiger charge is 2.16. The van der Waals surface area contributed by atoms with Gasteiger partial charge in [0.15, 0.2) is 6.20 Å². The van der Waals surface area contributed by atoms with Crippen LogP contribution in [-0.4, -0.2) is 12.5 Å². The van der Waals surface area contributed by atoms with E-state index in [0.717, 1.165) is 25.1 Å². The van der Waals surface area contributed by atoms with Crippen LogP contribution in [0.2, 0.25) is 5.02 Å². The Kier molecular flexibility index (Phi) is 18.8. The van der Waals surface area contributed by atoms with Crippen molar-refractivity contribution in [3.05, 3.63) is 58.9 Å². The van der Waals surface area contributed by atoms with Crippen molar-refractivity contribution in [2.75, 3.05) is 6.61 Å². The maximum atomic E-state index is 12.8. The number of carbonyl (C=O) groups is 1. The van der Waals surface area contributed by atoms with E-state index in [1.165, 1.54) is 70.6 Å². The van der Waals surface area contributed by atoms with Gasteiger partial charge in [0.05, 0.1) is 17.2 Å². The molecule has 4 nitrogen and oxygen atoms in total. The van der Waals surface area contributed by atoms with Crippen LogP contribution in [0.25, 0.3) is 0 Å². The molecule has 0 atom stereocenters. The Morgan fingerprint density at radius 3 is 2.11 bits per heavy atom. The molecule has 1 heterocycles. The van der Waals surface area contributed by atoms with Crippen LogP contribution < -0.4 is 38.6 Å². The second-order valence-electron chi connectivity index (χ2n) is 9.42. The highest BCUT2D eigenvalue weighted by atomic mass is 127. The first-order valence-corrected chi connectivity index (χ1v) is 14.2. The summed E-state index contributed by atoms with van der Waals surface area (Å²) in [6, 6.07) is 11.5. The molecule has 0 aliphatic carbocycles. The molecule has 0 saturated carbocycles. The molecule has 1 N–H and O–H groups in total. The van der Waals surface area contributed by atoms with E-state index >= 15 is 0 Å². The van der Waals surface area contributed by atoms with Crippen LogP contribution in [0.3, 0.4) is 0 Å². The molecule has 0 aliphatic rings. The summed E-state index contributed by atoms with van der Waals surface area (Å²) >= 11 is 6.53. The van der Waals surface area contributed by atoms with Gasteiger partial charge in [0.1, 0.15) is 18.8 Å². The Hall–Kier alpha value is -1.34. The number of carbonyl (C=O) groups excluding carboxylic acids is 1. The first kappa shape index (κ1) is 32.7. The molecule has 1 aromatic heterocycles. The summed E-state index contributed by atoms with van der Waals surface area (Å²) in [5.74, 6) is 0.404. The lowest BCUT2D eigenvalue weighted by atomic mass is 10.1. The number of nitrogens with one attached hydrogen (secondary N) is 1. The van der Waals surface area contributed by atoms with Crippen molar-refractivity contribution in [2.45, 2.75) is 110 Å². The average molecular weight is 629 g/mol. The van der Waals surface area contributed by atoms with Crippen molar-refractivity contribution >= 4 is 17.5 Å². The van der Waals surface area contributed by atoms with Crippen molar-refractivity contribution < 1.29 is 38.1 Å². The van der Waals surface area contributed by atoms with Gasteiger partial charge in [0, 0.05) is 18.6 Å². The summed E-state index contributed by atoms with van der Waals surface area (Å²) in [5, 5.41) is 3.39. The largest absolute Gasteiger partial charge is 1.00 e. The molecule has 0 radical (unpaired) electrons. The molecule has 0 spiro atoms. The Labute approximate surface area is 241 Å². The zero-order valence-electron chi connectivity index (χ0n) is 22.4. The molecule has 2 aromatic rings. The van der Waals surface area contributed by atoms with Crippen LogP contribution in [-0.2, 0) is 13.1 Å². The molecule has 0 bridgehead atoms. The summed E-state index contributed by atoms with van der Waals surface area (Å²) in [4.78, 5) is 12.8. The van der Waals surface area contributed by atoms with Gasteiger partial charge in [-0.3, -0.25) is 4.79 Å². The molecule has 1 amide bonds. The molecule has 36 heavy (non-hydrogen) atoms. The van der Waals surface area contributed by atoms with E-state index < -0.39 is 0 Å². The Morgan fingerprint density at radius 1 is 0.833 bits per heavy atom. The van der Waals surface area contributed by atoms with Gasteiger partial charge in [-0.1, -0.05) is 108 Å². The second-order valence-corrected chi connectivity index (χ2v) is 9.80. The second kappa shape index (κ2) is 20.7. The minimum absolute atomic E-state index is 0. The summed E-state index contributed by atoms with van der Waals surface area (Å²) < 4.78 is 8.08. The Morgan fingerprint density at radius 2 is 1.47 bits per heavy atom. The molecule has 1 aromatic carbocycles. The number of rotatable bonds is 19. The summed E-state index contributed by atoms with van der Waals surface area (Å²) in [5.41, 5.74) is 1.52. The number of amides is 1. The van der Waals surface area contributed by atoms with Gasteiger partial charge in [-0.15, -0.1) is 0 Å². The van der Waals surface area contributed by atoms with Crippen molar-refractivity contribution in [2.24, 2.45) is 0 Å². The molecule has 202 valence electrons. The van der Waals surface area contributed by atoms with Crippen molar-refractivity contribution in [3.63, 3.8) is 0 Å². The molecular weight excluding hydrogens is 583 g/mol. The number of aromatic nitrogens is 1. The van der Waals surface area contributed by atoms with E-state index in [1.807, 2.05) is 36.5 Å². The summed E-state index contributed by atoms with van der Waals surface area (Å²) in [6.45, 7) is 6.43. The van der Waals surface area contributed by atoms with E-state index in [-0.39, 0.29) is 29.9 Å². The van der Waals surface area contributed by atoms with Gasteiger partial charge < -0.3 is 34.0 Å². The quantitative estimate of drug-likeness (QED) is 0.134. The fraction of sp³-hybridized carbons (Fsp3) is 0.600. The topological polar surface area (TPSA) is 42.2 Å². The summed E-state index contributed by atoms with van der Waals surface area (Å²) in [6.07, 6.45) is 18.9. The predicted octanol–water partition coefficient (Wildman–Crippen LogP) is 5.05. The van der Waals surface area contributed by atoms with E-state index in [1.54, 1.807) is 6.07 Å². The first-order chi connectivity index (χ1) is 17.2. The molecule has 2 rings (SSSR count). The maximum Gasteiger partial charge on any atom is 0.253 e. The molecule has 6 heteroatoms. The third-order valence-corrected chi connectivity index (χ3v) is 6.78. The molecule has 0 aliphatic heterocycles. The lowest BCUT2D eigenvalue weighted by Gasteiger charge is -2.11. The Bertz CT molecular complexity index is 863. The maximum absolute atomic E-state index is 12.8. The van der Waals surface area contributed by atoms with Crippen LogP contribution >= 0.6 is 11.6 Å². The number of hydrogen-bond donors (Lipinski definition) is 1. The van der Waals surface area contributed by atoms with Gasteiger partial charge in [-0.05, 0) is 18.6 Å². The van der Waals surface area contributed by atoms with Gasteiger partial charge in [-0.25, -0.2) is 4.57 Å². The van der Waals surface area contributed by atoms with Crippen LogP contribution in [0.1, 0.15) is 113 Å². The van der Waals surface area contributed by atoms with Gasteiger partial charge in [-0.2, -0.15) is 0 Å². The minimum atomic E-state index is -0.183. The predicted molar refractivity (Wildman–Crippen MR) is 146 cm³/mol. The molecule has 0 saturated heterocycles. The van der Waals surface area contributed by atoms with Crippen molar-refractivity contribution in [1.29, 1.82) is 0 Å². The monoisotopic (exact) mass is 628 g/mol.